The van der Waals surface area contributed by atoms with E-state index in [0.29, 0.717) is 45.6 Å². The van der Waals surface area contributed by atoms with Crippen LogP contribution in [0.15, 0.2) is 59.5 Å². The monoisotopic (exact) mass is 782 g/mol. The number of nitrogens with one attached hydrogen (secondary N) is 3. The van der Waals surface area contributed by atoms with Gasteiger partial charge in [0.1, 0.15) is 34.5 Å². The first-order valence-electron chi connectivity index (χ1n) is 17.5. The minimum absolute atomic E-state index is 0.152. The fourth-order valence-corrected chi connectivity index (χ4v) is 8.09. The summed E-state index contributed by atoms with van der Waals surface area (Å²) in [4.78, 5) is 79.8. The lowest BCUT2D eigenvalue weighted by Gasteiger charge is -2.22. The van der Waals surface area contributed by atoms with Crippen LogP contribution >= 0.6 is 15.9 Å². The van der Waals surface area contributed by atoms with Crippen LogP contribution in [0.5, 0.6) is 0 Å². The smallest absolute Gasteiger partial charge is 0.242 e. The Morgan fingerprint density at radius 2 is 1.83 bits per heavy atom. The number of carbonyl (C=O) groups excluding carboxylic acids is 5. The summed E-state index contributed by atoms with van der Waals surface area (Å²) in [6, 6.07) is 8.32. The van der Waals surface area contributed by atoms with E-state index in [1.54, 1.807) is 37.5 Å². The van der Waals surface area contributed by atoms with Gasteiger partial charge in [-0.2, -0.15) is 5.10 Å². The Balaban J connectivity index is 1.20. The van der Waals surface area contributed by atoms with Crippen LogP contribution in [-0.4, -0.2) is 73.2 Å². The Labute approximate surface area is 313 Å². The number of ketones is 2. The third kappa shape index (κ3) is 7.53. The van der Waals surface area contributed by atoms with Crippen LogP contribution in [-0.2, 0) is 37.1 Å². The molecule has 15 heteroatoms. The third-order valence-corrected chi connectivity index (χ3v) is 10.9. The fraction of sp³-hybridized carbons (Fsp3) is 0.395. The lowest BCUT2D eigenvalue weighted by molar-refractivity contribution is -0.131. The van der Waals surface area contributed by atoms with Crippen molar-refractivity contribution in [3.8, 4) is 11.1 Å². The lowest BCUT2D eigenvalue weighted by atomic mass is 9.86. The molecule has 274 valence electrons. The molecule has 3 aliphatic rings. The minimum atomic E-state index is -0.796. The third-order valence-electron chi connectivity index (χ3n) is 10.5. The normalized spacial score (nSPS) is 25.0. The van der Waals surface area contributed by atoms with Crippen molar-refractivity contribution >= 4 is 61.9 Å². The van der Waals surface area contributed by atoms with E-state index in [-0.39, 0.29) is 73.6 Å². The Bertz CT molecular complexity index is 2170. The number of fused-ring (bicyclic) bond motifs is 3. The average molecular weight is 784 g/mol. The van der Waals surface area contributed by atoms with E-state index in [1.807, 2.05) is 24.3 Å². The quantitative estimate of drug-likeness (QED) is 0.146. The molecule has 2 bridgehead atoms. The number of halogens is 1. The zero-order chi connectivity index (χ0) is 37.4. The van der Waals surface area contributed by atoms with E-state index >= 15 is 0 Å². The maximum atomic E-state index is 14.5. The largest absolute Gasteiger partial charge is 0.373 e. The van der Waals surface area contributed by atoms with E-state index < -0.39 is 23.3 Å². The second kappa shape index (κ2) is 14.7. The van der Waals surface area contributed by atoms with Gasteiger partial charge in [0, 0.05) is 61.1 Å². The van der Waals surface area contributed by atoms with Crippen molar-refractivity contribution in [2.75, 3.05) is 18.5 Å². The molecule has 5 atom stereocenters. The molecule has 0 saturated heterocycles. The van der Waals surface area contributed by atoms with Crippen LogP contribution in [0.3, 0.4) is 0 Å². The van der Waals surface area contributed by atoms with Gasteiger partial charge in [0.25, 0.3) is 0 Å². The maximum Gasteiger partial charge on any atom is 0.242 e. The zero-order valence-electron chi connectivity index (χ0n) is 29.5. The van der Waals surface area contributed by atoms with Gasteiger partial charge in [-0.25, -0.2) is 15.0 Å². The molecule has 3 amide bonds. The van der Waals surface area contributed by atoms with Crippen molar-refractivity contribution in [1.29, 1.82) is 0 Å². The van der Waals surface area contributed by atoms with Gasteiger partial charge in [-0.3, -0.25) is 28.7 Å². The van der Waals surface area contributed by atoms with Crippen LogP contribution in [0.25, 0.3) is 22.0 Å². The summed E-state index contributed by atoms with van der Waals surface area (Å²) in [6.45, 7) is 5.07. The summed E-state index contributed by atoms with van der Waals surface area (Å²) in [7, 11) is 0. The Hall–Kier alpha value is -5.15. The number of hydrogen-bond acceptors (Lipinski definition) is 10. The molecule has 7 rings (SSSR count). The topological polar surface area (TPSA) is 187 Å². The fourth-order valence-electron chi connectivity index (χ4n) is 7.78. The molecule has 1 aromatic carbocycles. The SMILES string of the molecule is CC(=O)N[C@H]1C/C=C/COCc2ccc(Br)nc2NC(=O)[C@@H]2C[C@@]3(CNC1=O)C[C@H]3C2C(=O)Cn1nc(C(C)=O)c2cc(-c3cnc(C)nc3)ccc21. The molecular formula is C38H39BrN8O6. The number of benzene rings is 1. The predicted molar refractivity (Wildman–Crippen MR) is 197 cm³/mol. The van der Waals surface area contributed by atoms with Crippen molar-refractivity contribution in [2.45, 2.75) is 59.2 Å². The highest BCUT2D eigenvalue weighted by atomic mass is 79.9. The number of Topliss-reactive ketones (excluding diaryl/α,β-unsaturated/α-hetero) is 2. The highest BCUT2D eigenvalue weighted by molar-refractivity contribution is 9.10. The summed E-state index contributed by atoms with van der Waals surface area (Å²) in [5.74, 6) is -2.09. The van der Waals surface area contributed by atoms with E-state index in [1.165, 1.54) is 18.5 Å². The highest BCUT2D eigenvalue weighted by Gasteiger charge is 2.68. The molecule has 3 N–H and O–H groups in total. The molecule has 4 aromatic rings. The van der Waals surface area contributed by atoms with Crippen LogP contribution in [0.4, 0.5) is 5.82 Å². The van der Waals surface area contributed by atoms with Crippen molar-refractivity contribution in [3.05, 3.63) is 76.6 Å². The molecule has 0 radical (unpaired) electrons. The molecule has 14 nitrogen and oxygen atoms in total. The van der Waals surface area contributed by atoms with Gasteiger partial charge in [-0.15, -0.1) is 0 Å². The van der Waals surface area contributed by atoms with Crippen molar-refractivity contribution in [1.82, 2.24) is 35.4 Å². The number of rotatable bonds is 6. The molecule has 2 aliphatic carbocycles. The first-order chi connectivity index (χ1) is 25.4. The van der Waals surface area contributed by atoms with Gasteiger partial charge in [-0.1, -0.05) is 24.3 Å². The van der Waals surface area contributed by atoms with Gasteiger partial charge >= 0.3 is 0 Å². The number of amides is 3. The second-order valence-electron chi connectivity index (χ2n) is 14.1. The van der Waals surface area contributed by atoms with E-state index in [9.17, 15) is 24.0 Å². The summed E-state index contributed by atoms with van der Waals surface area (Å²) in [5.41, 5.74) is 2.59. The molecule has 2 fully saturated rings. The molecule has 3 aromatic heterocycles. The molecule has 2 saturated carbocycles. The van der Waals surface area contributed by atoms with Gasteiger partial charge in [0.2, 0.25) is 17.7 Å². The standard InChI is InChI=1S/C38H39BrN8O6/c1-20(48)34-26-12-23(25-15-40-21(2)41-16-25)7-9-30(26)47(46-34)17-31(50)33-27-13-38(14-28(33)38)19-42-37(52)29(43-22(3)49)6-4-5-11-53-18-24-8-10-32(39)44-35(24)45-36(27)51/h4-5,7-10,12,15-16,27-29,33H,6,11,13-14,17-19H2,1-3H3,(H,42,52)(H,43,49)(H,44,45,51)/b5-4+/t27-,28+,29+,33?,38+/m1/s1. The van der Waals surface area contributed by atoms with Crippen molar-refractivity contribution in [3.63, 3.8) is 0 Å². The number of nitrogens with zero attached hydrogens (tertiary/aromatic N) is 5. The first-order valence-corrected chi connectivity index (χ1v) is 18.3. The zero-order valence-corrected chi connectivity index (χ0v) is 31.1. The van der Waals surface area contributed by atoms with Gasteiger partial charge < -0.3 is 20.7 Å². The molecular weight excluding hydrogens is 744 g/mol. The van der Waals surface area contributed by atoms with E-state index in [4.69, 9.17) is 4.74 Å². The van der Waals surface area contributed by atoms with Crippen LogP contribution in [0.1, 0.15) is 55.0 Å². The number of ether oxygens (including phenoxy) is 1. The number of anilines is 1. The molecule has 1 spiro atoms. The summed E-state index contributed by atoms with van der Waals surface area (Å²) in [6.07, 6.45) is 8.27. The molecule has 1 unspecified atom stereocenters. The number of pyridine rings is 1. The number of hydrogen-bond donors (Lipinski definition) is 3. The number of aromatic nitrogens is 5. The average Bonchev–Trinajstić information content (AvgIpc) is 3.54. The van der Waals surface area contributed by atoms with Crippen molar-refractivity contribution < 1.29 is 28.7 Å². The summed E-state index contributed by atoms with van der Waals surface area (Å²) in [5, 5.41) is 13.9. The Morgan fingerprint density at radius 3 is 2.58 bits per heavy atom. The Kier molecular flexibility index (Phi) is 10.0. The van der Waals surface area contributed by atoms with Crippen LogP contribution in [0, 0.1) is 30.1 Å². The summed E-state index contributed by atoms with van der Waals surface area (Å²) >= 11 is 3.40. The van der Waals surface area contributed by atoms with Gasteiger partial charge in [0.15, 0.2) is 11.6 Å². The molecule has 1 aliphatic heterocycles. The highest BCUT2D eigenvalue weighted by Crippen LogP contribution is 2.68. The maximum absolute atomic E-state index is 14.5. The van der Waals surface area contributed by atoms with Gasteiger partial charge in [-0.05, 0) is 77.2 Å². The van der Waals surface area contributed by atoms with E-state index in [0.717, 1.165) is 11.1 Å². The van der Waals surface area contributed by atoms with E-state index in [2.05, 4.69) is 51.9 Å². The van der Waals surface area contributed by atoms with Crippen LogP contribution < -0.4 is 16.0 Å². The summed E-state index contributed by atoms with van der Waals surface area (Å²) < 4.78 is 7.90. The molecule has 4 heterocycles. The number of carbonyl (C=O) groups is 5. The second-order valence-corrected chi connectivity index (χ2v) is 14.9. The van der Waals surface area contributed by atoms with Crippen molar-refractivity contribution in [2.24, 2.45) is 23.2 Å². The predicted octanol–water partition coefficient (Wildman–Crippen LogP) is 4.11. The lowest BCUT2D eigenvalue weighted by Crippen LogP contribution is -2.47. The van der Waals surface area contributed by atoms with Gasteiger partial charge in [0.05, 0.1) is 18.7 Å². The van der Waals surface area contributed by atoms with Crippen LogP contribution in [0.2, 0.25) is 0 Å². The molecule has 53 heavy (non-hydrogen) atoms. The minimum Gasteiger partial charge on any atom is -0.373 e. The first kappa shape index (κ1) is 36.2. The Morgan fingerprint density at radius 1 is 1.04 bits per heavy atom. The number of aryl methyl sites for hydroxylation is 1.